The molecule has 1 aliphatic rings. The molecule has 0 aromatic rings. The van der Waals surface area contributed by atoms with E-state index >= 15 is 0 Å². The lowest BCUT2D eigenvalue weighted by atomic mass is 10.1. The number of urea groups is 1. The van der Waals surface area contributed by atoms with Gasteiger partial charge >= 0.3 is 6.03 Å². The highest BCUT2D eigenvalue weighted by Crippen LogP contribution is 1.98. The largest absolute Gasteiger partial charge is 0.328 e. The van der Waals surface area contributed by atoms with Gasteiger partial charge in [-0.3, -0.25) is 25.2 Å². The van der Waals surface area contributed by atoms with Gasteiger partial charge < -0.3 is 0 Å². The average Bonchev–Trinajstić information content (AvgIpc) is 2.09. The first-order chi connectivity index (χ1) is 6.65. The zero-order valence-electron chi connectivity index (χ0n) is 7.11. The fourth-order valence-corrected chi connectivity index (χ4v) is 0.876. The van der Waals surface area contributed by atoms with Crippen LogP contribution in [0.15, 0.2) is 4.99 Å². The van der Waals surface area contributed by atoms with Crippen molar-refractivity contribution in [3.05, 3.63) is 0 Å². The third-order valence-corrected chi connectivity index (χ3v) is 1.48. The molecule has 4 amide bonds. The van der Waals surface area contributed by atoms with Crippen LogP contribution in [0, 0.1) is 18.3 Å². The number of hydrogen-bond donors (Lipinski definition) is 2. The second kappa shape index (κ2) is 4.18. The first-order valence-electron chi connectivity index (χ1n) is 3.74. The van der Waals surface area contributed by atoms with E-state index in [1.807, 2.05) is 10.6 Å². The number of rotatable bonds is 2. The zero-order chi connectivity index (χ0) is 10.6. The van der Waals surface area contributed by atoms with Crippen LogP contribution in [0.4, 0.5) is 4.79 Å². The summed E-state index contributed by atoms with van der Waals surface area (Å²) in [5.74, 6) is -0.255. The minimum Gasteiger partial charge on any atom is -0.283 e. The van der Waals surface area contributed by atoms with Crippen molar-refractivity contribution in [2.75, 3.05) is 6.54 Å². The molecule has 0 aromatic carbocycles. The summed E-state index contributed by atoms with van der Waals surface area (Å²) in [4.78, 5) is 36.4. The molecule has 1 fully saturated rings. The van der Waals surface area contributed by atoms with Crippen LogP contribution in [0.5, 0.6) is 0 Å². The van der Waals surface area contributed by atoms with Crippen molar-refractivity contribution < 1.29 is 14.4 Å². The Morgan fingerprint density at radius 1 is 1.36 bits per heavy atom. The number of amides is 4. The first-order valence-corrected chi connectivity index (χ1v) is 3.74. The Balaban J connectivity index is 2.69. The standard InChI is InChI=1S/C8H7N3O3/c1-2-3-9-4-5-6(12)10-8(14)11-7(5)13/h1,4-5H,3H2,(H2,10,11,12,13,14). The maximum atomic E-state index is 11.1. The molecule has 0 radical (unpaired) electrons. The minimum absolute atomic E-state index is 0.0883. The van der Waals surface area contributed by atoms with Crippen molar-refractivity contribution in [3.8, 4) is 12.3 Å². The Bertz CT molecular complexity index is 333. The zero-order valence-corrected chi connectivity index (χ0v) is 7.11. The van der Waals surface area contributed by atoms with E-state index in [9.17, 15) is 14.4 Å². The van der Waals surface area contributed by atoms with Crippen LogP contribution in [-0.4, -0.2) is 30.6 Å². The molecule has 0 bridgehead atoms. The number of terminal acetylenes is 1. The number of nitrogens with zero attached hydrogens (tertiary/aromatic N) is 1. The molecule has 14 heavy (non-hydrogen) atoms. The number of imide groups is 2. The topological polar surface area (TPSA) is 87.6 Å². The molecule has 1 aliphatic heterocycles. The van der Waals surface area contributed by atoms with Crippen molar-refractivity contribution in [1.29, 1.82) is 0 Å². The van der Waals surface area contributed by atoms with Gasteiger partial charge in [0.05, 0.1) is 6.54 Å². The molecule has 0 saturated carbocycles. The SMILES string of the molecule is C#CCN=CC1C(=O)NC(=O)NC1=O. The van der Waals surface area contributed by atoms with E-state index in [1.54, 1.807) is 0 Å². The van der Waals surface area contributed by atoms with Crippen molar-refractivity contribution in [2.24, 2.45) is 10.9 Å². The van der Waals surface area contributed by atoms with E-state index in [0.717, 1.165) is 6.21 Å². The van der Waals surface area contributed by atoms with Gasteiger partial charge in [-0.05, 0) is 0 Å². The molecular weight excluding hydrogens is 186 g/mol. The quantitative estimate of drug-likeness (QED) is 0.323. The van der Waals surface area contributed by atoms with E-state index in [2.05, 4.69) is 10.9 Å². The average molecular weight is 193 g/mol. The second-order valence-corrected chi connectivity index (χ2v) is 2.48. The highest BCUT2D eigenvalue weighted by Gasteiger charge is 2.32. The summed E-state index contributed by atoms with van der Waals surface area (Å²) in [6, 6.07) is -0.818. The smallest absolute Gasteiger partial charge is 0.283 e. The minimum atomic E-state index is -1.08. The van der Waals surface area contributed by atoms with Crippen LogP contribution >= 0.6 is 0 Å². The predicted octanol–water partition coefficient (Wildman–Crippen LogP) is -1.33. The van der Waals surface area contributed by atoms with Crippen molar-refractivity contribution in [2.45, 2.75) is 0 Å². The van der Waals surface area contributed by atoms with E-state index < -0.39 is 23.8 Å². The van der Waals surface area contributed by atoms with E-state index in [4.69, 9.17) is 6.42 Å². The lowest BCUT2D eigenvalue weighted by molar-refractivity contribution is -0.132. The molecule has 1 rings (SSSR count). The molecule has 2 N–H and O–H groups in total. The molecule has 0 atom stereocenters. The molecule has 0 spiro atoms. The first kappa shape index (κ1) is 9.92. The molecule has 0 aromatic heterocycles. The van der Waals surface area contributed by atoms with Gasteiger partial charge in [-0.1, -0.05) is 5.92 Å². The van der Waals surface area contributed by atoms with Gasteiger partial charge in [0.25, 0.3) is 0 Å². The molecular formula is C8H7N3O3. The monoisotopic (exact) mass is 193 g/mol. The number of aliphatic imine (C=N–C) groups is 1. The normalized spacial score (nSPS) is 17.8. The predicted molar refractivity (Wildman–Crippen MR) is 47.4 cm³/mol. The Morgan fingerprint density at radius 2 is 1.93 bits per heavy atom. The number of barbiturate groups is 1. The lowest BCUT2D eigenvalue weighted by Crippen LogP contribution is -2.56. The molecule has 0 aliphatic carbocycles. The summed E-state index contributed by atoms with van der Waals surface area (Å²) in [5.41, 5.74) is 0. The molecule has 0 unspecified atom stereocenters. The molecule has 1 saturated heterocycles. The number of hydrogen-bond acceptors (Lipinski definition) is 4. The third kappa shape index (κ3) is 2.17. The van der Waals surface area contributed by atoms with Gasteiger partial charge in [0, 0.05) is 6.21 Å². The molecule has 6 heteroatoms. The van der Waals surface area contributed by atoms with Gasteiger partial charge in [0.15, 0.2) is 5.92 Å². The maximum Gasteiger partial charge on any atom is 0.328 e. The van der Waals surface area contributed by atoms with E-state index in [-0.39, 0.29) is 6.54 Å². The summed E-state index contributed by atoms with van der Waals surface area (Å²) in [7, 11) is 0. The maximum absolute atomic E-state index is 11.1. The van der Waals surface area contributed by atoms with Crippen LogP contribution in [0.25, 0.3) is 0 Å². The van der Waals surface area contributed by atoms with Crippen molar-refractivity contribution in [1.82, 2.24) is 10.6 Å². The Hall–Kier alpha value is -2.16. The third-order valence-electron chi connectivity index (χ3n) is 1.48. The highest BCUT2D eigenvalue weighted by atomic mass is 16.2. The van der Waals surface area contributed by atoms with Crippen LogP contribution in [-0.2, 0) is 9.59 Å². The number of carbonyl (C=O) groups excluding carboxylic acids is 3. The summed E-state index contributed by atoms with van der Waals surface area (Å²) in [6.45, 7) is 0.0883. The Labute approximate surface area is 79.8 Å². The van der Waals surface area contributed by atoms with Gasteiger partial charge in [-0.15, -0.1) is 6.42 Å². The van der Waals surface area contributed by atoms with Crippen LogP contribution in [0.2, 0.25) is 0 Å². The van der Waals surface area contributed by atoms with E-state index in [0.29, 0.717) is 0 Å². The fourth-order valence-electron chi connectivity index (χ4n) is 0.876. The number of carbonyl (C=O) groups is 3. The van der Waals surface area contributed by atoms with Crippen molar-refractivity contribution >= 4 is 24.1 Å². The van der Waals surface area contributed by atoms with Crippen LogP contribution in [0.1, 0.15) is 0 Å². The fraction of sp³-hybridized carbons (Fsp3) is 0.250. The Morgan fingerprint density at radius 3 is 2.43 bits per heavy atom. The van der Waals surface area contributed by atoms with Crippen molar-refractivity contribution in [3.63, 3.8) is 0 Å². The second-order valence-electron chi connectivity index (χ2n) is 2.48. The number of nitrogens with one attached hydrogen (secondary N) is 2. The molecule has 6 nitrogen and oxygen atoms in total. The van der Waals surface area contributed by atoms with E-state index in [1.165, 1.54) is 0 Å². The lowest BCUT2D eigenvalue weighted by Gasteiger charge is -2.16. The highest BCUT2D eigenvalue weighted by molar-refractivity contribution is 6.23. The van der Waals surface area contributed by atoms with Gasteiger partial charge in [-0.25, -0.2) is 4.79 Å². The van der Waals surface area contributed by atoms with Crippen LogP contribution in [0.3, 0.4) is 0 Å². The molecule has 72 valence electrons. The summed E-state index contributed by atoms with van der Waals surface area (Å²) >= 11 is 0. The summed E-state index contributed by atoms with van der Waals surface area (Å²) in [6.07, 6.45) is 6.04. The van der Waals surface area contributed by atoms with Crippen LogP contribution < -0.4 is 10.6 Å². The van der Waals surface area contributed by atoms with Gasteiger partial charge in [-0.2, -0.15) is 0 Å². The summed E-state index contributed by atoms with van der Waals surface area (Å²) in [5, 5.41) is 3.87. The van der Waals surface area contributed by atoms with Gasteiger partial charge in [0.2, 0.25) is 11.8 Å². The summed E-state index contributed by atoms with van der Waals surface area (Å²) < 4.78 is 0. The Kier molecular flexibility index (Phi) is 2.97. The van der Waals surface area contributed by atoms with Gasteiger partial charge in [0.1, 0.15) is 0 Å². The molecule has 1 heterocycles.